The Bertz CT molecular complexity index is 331. The van der Waals surface area contributed by atoms with Crippen molar-refractivity contribution in [2.75, 3.05) is 19.8 Å². The van der Waals surface area contributed by atoms with E-state index in [1.165, 1.54) is 18.2 Å². The van der Waals surface area contributed by atoms with Crippen LogP contribution in [0.2, 0.25) is 0 Å². The van der Waals surface area contributed by atoms with Crippen LogP contribution in [-0.2, 0) is 11.2 Å². The van der Waals surface area contributed by atoms with Crippen LogP contribution in [0.3, 0.4) is 0 Å². The second-order valence-corrected chi connectivity index (χ2v) is 3.96. The zero-order chi connectivity index (χ0) is 11.4. The van der Waals surface area contributed by atoms with Gasteiger partial charge >= 0.3 is 0 Å². The highest BCUT2D eigenvalue weighted by Gasteiger charge is 2.15. The van der Waals surface area contributed by atoms with Crippen molar-refractivity contribution >= 4 is 0 Å². The molecule has 0 bridgehead atoms. The van der Waals surface area contributed by atoms with Gasteiger partial charge in [-0.1, -0.05) is 6.07 Å². The molecule has 1 aliphatic heterocycles. The summed E-state index contributed by atoms with van der Waals surface area (Å²) in [5.41, 5.74) is 0.176. The summed E-state index contributed by atoms with van der Waals surface area (Å²) in [6.45, 7) is 2.14. The topological polar surface area (TPSA) is 21.3 Å². The summed E-state index contributed by atoms with van der Waals surface area (Å²) in [6, 6.07) is 4.18. The van der Waals surface area contributed by atoms with Crippen molar-refractivity contribution in [1.82, 2.24) is 5.32 Å². The van der Waals surface area contributed by atoms with Crippen LogP contribution in [-0.4, -0.2) is 25.8 Å². The third kappa shape index (κ3) is 2.77. The fourth-order valence-electron chi connectivity index (χ4n) is 1.89. The van der Waals surface area contributed by atoms with Gasteiger partial charge in [-0.25, -0.2) is 8.78 Å². The lowest BCUT2D eigenvalue weighted by atomic mass is 10.0. The van der Waals surface area contributed by atoms with Crippen LogP contribution in [0.25, 0.3) is 0 Å². The summed E-state index contributed by atoms with van der Waals surface area (Å²) in [6.07, 6.45) is 1.09. The average Bonchev–Trinajstić information content (AvgIpc) is 2.30. The molecular weight excluding hydrogens is 212 g/mol. The quantitative estimate of drug-likeness (QED) is 0.851. The van der Waals surface area contributed by atoms with Gasteiger partial charge in [0.15, 0.2) is 0 Å². The Labute approximate surface area is 93.6 Å². The summed E-state index contributed by atoms with van der Waals surface area (Å²) in [5, 5.41) is 3.26. The molecular formula is C12H15F2NO. The van der Waals surface area contributed by atoms with Crippen molar-refractivity contribution in [3.8, 4) is 0 Å². The van der Waals surface area contributed by atoms with Crippen LogP contribution in [0, 0.1) is 11.6 Å². The molecule has 0 aliphatic carbocycles. The summed E-state index contributed by atoms with van der Waals surface area (Å²) < 4.78 is 31.9. The maximum Gasteiger partial charge on any atom is 0.129 e. The van der Waals surface area contributed by atoms with E-state index in [2.05, 4.69) is 5.32 Å². The zero-order valence-electron chi connectivity index (χ0n) is 9.01. The number of rotatable bonds is 3. The number of ether oxygens (including phenoxy) is 1. The van der Waals surface area contributed by atoms with Gasteiger partial charge in [0.25, 0.3) is 0 Å². The van der Waals surface area contributed by atoms with Crippen LogP contribution in [0.4, 0.5) is 8.78 Å². The Balaban J connectivity index is 1.93. The van der Waals surface area contributed by atoms with Crippen molar-refractivity contribution in [3.05, 3.63) is 35.4 Å². The highest BCUT2D eigenvalue weighted by atomic mass is 19.1. The number of hydrogen-bond donors (Lipinski definition) is 1. The van der Waals surface area contributed by atoms with Crippen molar-refractivity contribution in [1.29, 1.82) is 0 Å². The van der Waals surface area contributed by atoms with Gasteiger partial charge in [0.05, 0.1) is 13.2 Å². The Morgan fingerprint density at radius 1 is 1.31 bits per heavy atom. The predicted molar refractivity (Wildman–Crippen MR) is 57.3 cm³/mol. The standard InChI is InChI=1S/C12H15F2NO/c13-11-2-1-3-12(14)10(11)5-4-9-8-16-7-6-15-9/h1-3,9,15H,4-8H2. The second kappa shape index (κ2) is 5.37. The lowest BCUT2D eigenvalue weighted by molar-refractivity contribution is 0.0742. The molecule has 0 amide bonds. The van der Waals surface area contributed by atoms with Crippen LogP contribution >= 0.6 is 0 Å². The minimum atomic E-state index is -0.461. The van der Waals surface area contributed by atoms with E-state index in [0.29, 0.717) is 26.1 Å². The number of halogens is 2. The highest BCUT2D eigenvalue weighted by molar-refractivity contribution is 5.19. The van der Waals surface area contributed by atoms with Crippen molar-refractivity contribution in [2.24, 2.45) is 0 Å². The monoisotopic (exact) mass is 227 g/mol. The van der Waals surface area contributed by atoms with E-state index < -0.39 is 11.6 Å². The normalized spacial score (nSPS) is 21.0. The fraction of sp³-hybridized carbons (Fsp3) is 0.500. The first-order valence-electron chi connectivity index (χ1n) is 5.51. The minimum Gasteiger partial charge on any atom is -0.379 e. The Morgan fingerprint density at radius 3 is 2.69 bits per heavy atom. The molecule has 1 aromatic carbocycles. The molecule has 1 fully saturated rings. The molecule has 88 valence electrons. The molecule has 4 heteroatoms. The zero-order valence-corrected chi connectivity index (χ0v) is 9.01. The van der Waals surface area contributed by atoms with Gasteiger partial charge in [-0.05, 0) is 25.0 Å². The van der Waals surface area contributed by atoms with Gasteiger partial charge in [-0.3, -0.25) is 0 Å². The third-order valence-corrected chi connectivity index (χ3v) is 2.80. The lowest BCUT2D eigenvalue weighted by Crippen LogP contribution is -2.41. The first-order valence-corrected chi connectivity index (χ1v) is 5.51. The molecule has 16 heavy (non-hydrogen) atoms. The summed E-state index contributed by atoms with van der Waals surface area (Å²) in [7, 11) is 0. The van der Waals surface area contributed by atoms with Crippen LogP contribution < -0.4 is 5.32 Å². The Hall–Kier alpha value is -1.00. The number of nitrogens with one attached hydrogen (secondary N) is 1. The molecule has 1 unspecified atom stereocenters. The molecule has 0 spiro atoms. The molecule has 2 nitrogen and oxygen atoms in total. The molecule has 0 radical (unpaired) electrons. The molecule has 1 atom stereocenters. The average molecular weight is 227 g/mol. The van der Waals surface area contributed by atoms with Crippen LogP contribution in [0.15, 0.2) is 18.2 Å². The smallest absolute Gasteiger partial charge is 0.129 e. The molecule has 0 saturated carbocycles. The summed E-state index contributed by atoms with van der Waals surface area (Å²) >= 11 is 0. The van der Waals surface area contributed by atoms with Crippen LogP contribution in [0.5, 0.6) is 0 Å². The second-order valence-electron chi connectivity index (χ2n) is 3.96. The van der Waals surface area contributed by atoms with Gasteiger partial charge in [0.2, 0.25) is 0 Å². The molecule has 1 heterocycles. The van der Waals surface area contributed by atoms with Crippen LogP contribution in [0.1, 0.15) is 12.0 Å². The first-order chi connectivity index (χ1) is 7.77. The Kier molecular flexibility index (Phi) is 3.85. The van der Waals surface area contributed by atoms with E-state index in [-0.39, 0.29) is 11.6 Å². The van der Waals surface area contributed by atoms with Gasteiger partial charge in [0, 0.05) is 18.2 Å². The molecule has 1 aromatic rings. The molecule has 1 aliphatic rings. The highest BCUT2D eigenvalue weighted by Crippen LogP contribution is 2.15. The van der Waals surface area contributed by atoms with E-state index in [1.807, 2.05) is 0 Å². The van der Waals surface area contributed by atoms with Crippen molar-refractivity contribution in [2.45, 2.75) is 18.9 Å². The SMILES string of the molecule is Fc1cccc(F)c1CCC1COCCN1. The molecule has 2 rings (SSSR count). The van der Waals surface area contributed by atoms with Crippen molar-refractivity contribution < 1.29 is 13.5 Å². The van der Waals surface area contributed by atoms with Gasteiger partial charge in [-0.2, -0.15) is 0 Å². The van der Waals surface area contributed by atoms with E-state index in [4.69, 9.17) is 4.74 Å². The lowest BCUT2D eigenvalue weighted by Gasteiger charge is -2.23. The summed E-state index contributed by atoms with van der Waals surface area (Å²) in [5.74, 6) is -0.923. The molecule has 1 N–H and O–H groups in total. The Morgan fingerprint density at radius 2 is 2.06 bits per heavy atom. The largest absolute Gasteiger partial charge is 0.379 e. The van der Waals surface area contributed by atoms with Crippen molar-refractivity contribution in [3.63, 3.8) is 0 Å². The third-order valence-electron chi connectivity index (χ3n) is 2.80. The van der Waals surface area contributed by atoms with Gasteiger partial charge < -0.3 is 10.1 Å². The van der Waals surface area contributed by atoms with Gasteiger partial charge in [0.1, 0.15) is 11.6 Å². The molecule has 0 aromatic heterocycles. The van der Waals surface area contributed by atoms with E-state index in [9.17, 15) is 8.78 Å². The minimum absolute atomic E-state index is 0.176. The number of hydrogen-bond acceptors (Lipinski definition) is 2. The fourth-order valence-corrected chi connectivity index (χ4v) is 1.89. The predicted octanol–water partition coefficient (Wildman–Crippen LogP) is 1.89. The van der Waals surface area contributed by atoms with E-state index >= 15 is 0 Å². The first kappa shape index (κ1) is 11.5. The molecule has 1 saturated heterocycles. The summed E-state index contributed by atoms with van der Waals surface area (Å²) in [4.78, 5) is 0. The number of benzene rings is 1. The van der Waals surface area contributed by atoms with E-state index in [1.54, 1.807) is 0 Å². The van der Waals surface area contributed by atoms with Gasteiger partial charge in [-0.15, -0.1) is 0 Å². The van der Waals surface area contributed by atoms with E-state index in [0.717, 1.165) is 6.54 Å². The number of morpholine rings is 1. The maximum absolute atomic E-state index is 13.3. The maximum atomic E-state index is 13.3.